The van der Waals surface area contributed by atoms with E-state index in [1.807, 2.05) is 24.3 Å². The standard InChI is InChI=1S/C44H44O8/c1-44(50)35-13-14-38(46)33(18-35)16-25-5-6-27-7-8-28(9-10-30(27)15-25)37-19-31(29-4-2-3-26(17-29)24-45)11-12-32-22-42(48)51-40-23-39(47)34(20-36(32)40)21-41(44)52-43(37)49/h2-6,15,17,20,23,31-33,35,41,45,47,50H,7-10,13-14,16,18-19,21-22,24H2,1H3. The van der Waals surface area contributed by atoms with Gasteiger partial charge in [0.1, 0.15) is 29.0 Å². The zero-order valence-electron chi connectivity index (χ0n) is 29.5. The summed E-state index contributed by atoms with van der Waals surface area (Å²) in [4.78, 5) is 41.0. The highest BCUT2D eigenvalue weighted by Gasteiger charge is 2.47. The lowest BCUT2D eigenvalue weighted by Crippen LogP contribution is -2.52. The van der Waals surface area contributed by atoms with Crippen LogP contribution in [0.25, 0.3) is 0 Å². The van der Waals surface area contributed by atoms with Gasteiger partial charge in [0.2, 0.25) is 0 Å². The first-order valence-corrected chi connectivity index (χ1v) is 18.6. The normalized spacial score (nSPS) is 28.6. The zero-order chi connectivity index (χ0) is 36.1. The smallest absolute Gasteiger partial charge is 0.334 e. The number of aromatic hydroxyl groups is 1. The molecule has 3 heterocycles. The van der Waals surface area contributed by atoms with Crippen LogP contribution in [0.1, 0.15) is 103 Å². The van der Waals surface area contributed by atoms with Crippen molar-refractivity contribution < 1.29 is 39.2 Å². The van der Waals surface area contributed by atoms with Crippen LogP contribution in [0.4, 0.5) is 0 Å². The molecular weight excluding hydrogens is 656 g/mol. The number of phenols is 1. The SMILES string of the molecule is CC1(O)C2CCC(=O)C(Cc3ccc4c(c3)CCC(=C3CC(c5cccc(CO)c5)C#CC5CC(=O)Oc6cc(O)c(cc65)CC1OC3=O)CC4)C2. The van der Waals surface area contributed by atoms with E-state index in [9.17, 15) is 29.7 Å². The number of ketones is 1. The molecule has 1 fully saturated rings. The number of aliphatic hydroxyl groups is 2. The number of aliphatic hydroxyl groups excluding tert-OH is 1. The summed E-state index contributed by atoms with van der Waals surface area (Å²) in [6.45, 7) is 1.55. The summed E-state index contributed by atoms with van der Waals surface area (Å²) in [7, 11) is 0. The van der Waals surface area contributed by atoms with Gasteiger partial charge in [0.15, 0.2) is 0 Å². The fourth-order valence-corrected chi connectivity index (χ4v) is 9.10. The van der Waals surface area contributed by atoms with Crippen molar-refractivity contribution in [1.82, 2.24) is 0 Å². The highest BCUT2D eigenvalue weighted by molar-refractivity contribution is 5.90. The number of esters is 2. The molecule has 9 bridgehead atoms. The monoisotopic (exact) mass is 700 g/mol. The second-order valence-electron chi connectivity index (χ2n) is 15.5. The summed E-state index contributed by atoms with van der Waals surface area (Å²) in [6.07, 6.45) is 3.81. The number of fused-ring (bicyclic) bond motifs is 9. The molecule has 0 aromatic heterocycles. The van der Waals surface area contributed by atoms with Crippen molar-refractivity contribution in [3.63, 3.8) is 0 Å². The zero-order valence-corrected chi connectivity index (χ0v) is 29.5. The minimum Gasteiger partial charge on any atom is -0.508 e. The van der Waals surface area contributed by atoms with Gasteiger partial charge in [-0.15, -0.1) is 0 Å². The fraction of sp³-hybridized carbons (Fsp3) is 0.432. The molecule has 8 nitrogen and oxygen atoms in total. The molecule has 0 amide bonds. The van der Waals surface area contributed by atoms with E-state index >= 15 is 0 Å². The fourth-order valence-electron chi connectivity index (χ4n) is 9.10. The van der Waals surface area contributed by atoms with Crippen molar-refractivity contribution in [2.24, 2.45) is 11.8 Å². The van der Waals surface area contributed by atoms with E-state index in [2.05, 4.69) is 30.0 Å². The molecule has 3 aromatic rings. The van der Waals surface area contributed by atoms with Gasteiger partial charge in [-0.25, -0.2) is 4.79 Å². The number of phenolic OH excluding ortho intramolecular Hbond substituents is 1. The third kappa shape index (κ3) is 6.57. The molecule has 0 saturated heterocycles. The number of aryl methyl sites for hydroxylation is 2. The van der Waals surface area contributed by atoms with E-state index in [1.165, 1.54) is 17.2 Å². The second kappa shape index (κ2) is 13.7. The van der Waals surface area contributed by atoms with Gasteiger partial charge in [0.25, 0.3) is 0 Å². The molecule has 3 aliphatic heterocycles. The van der Waals surface area contributed by atoms with Crippen molar-refractivity contribution >= 4 is 17.7 Å². The van der Waals surface area contributed by atoms with Crippen LogP contribution in [-0.2, 0) is 51.4 Å². The van der Waals surface area contributed by atoms with Gasteiger partial charge in [-0.05, 0) is 104 Å². The maximum Gasteiger partial charge on any atom is 0.334 e. The average molecular weight is 701 g/mol. The lowest BCUT2D eigenvalue weighted by Gasteiger charge is -2.42. The Hall–Kier alpha value is -4.71. The van der Waals surface area contributed by atoms with E-state index in [4.69, 9.17) is 9.47 Å². The van der Waals surface area contributed by atoms with Gasteiger partial charge in [-0.2, -0.15) is 0 Å². The summed E-state index contributed by atoms with van der Waals surface area (Å²) in [5, 5.41) is 33.9. The first-order chi connectivity index (χ1) is 25.0. The Bertz CT molecular complexity index is 2060. The average Bonchev–Trinajstić information content (AvgIpc) is 3.33. The molecule has 5 aliphatic rings. The van der Waals surface area contributed by atoms with E-state index in [1.54, 1.807) is 13.0 Å². The predicted molar refractivity (Wildman–Crippen MR) is 192 cm³/mol. The molecule has 8 rings (SSSR count). The molecule has 8 heteroatoms. The Morgan fingerprint density at radius 3 is 2.48 bits per heavy atom. The van der Waals surface area contributed by atoms with Crippen LogP contribution in [0.5, 0.6) is 11.5 Å². The summed E-state index contributed by atoms with van der Waals surface area (Å²) in [5.74, 6) is 4.49. The molecular formula is C44H44O8. The van der Waals surface area contributed by atoms with Gasteiger partial charge in [0, 0.05) is 41.9 Å². The number of rotatable bonds is 2. The minimum atomic E-state index is -1.55. The van der Waals surface area contributed by atoms with Crippen molar-refractivity contribution in [2.75, 3.05) is 0 Å². The number of hydrogen-bond donors (Lipinski definition) is 3. The number of benzene rings is 3. The highest BCUT2D eigenvalue weighted by atomic mass is 16.6. The molecule has 6 unspecified atom stereocenters. The van der Waals surface area contributed by atoms with Crippen molar-refractivity contribution in [1.29, 1.82) is 0 Å². The summed E-state index contributed by atoms with van der Waals surface area (Å²) in [6, 6.07) is 17.3. The first-order valence-electron chi connectivity index (χ1n) is 18.6. The van der Waals surface area contributed by atoms with Crippen LogP contribution in [0.15, 0.2) is 65.7 Å². The third-order valence-corrected chi connectivity index (χ3v) is 12.3. The van der Waals surface area contributed by atoms with E-state index in [0.29, 0.717) is 55.2 Å². The lowest BCUT2D eigenvalue weighted by atomic mass is 9.68. The number of carbonyl (C=O) groups is 3. The Kier molecular flexibility index (Phi) is 9.05. The van der Waals surface area contributed by atoms with E-state index < -0.39 is 35.5 Å². The predicted octanol–water partition coefficient (Wildman–Crippen LogP) is 6.09. The molecule has 3 aromatic carbocycles. The van der Waals surface area contributed by atoms with Gasteiger partial charge in [-0.1, -0.05) is 59.9 Å². The topological polar surface area (TPSA) is 130 Å². The van der Waals surface area contributed by atoms with Crippen LogP contribution < -0.4 is 4.74 Å². The van der Waals surface area contributed by atoms with E-state index in [0.717, 1.165) is 35.1 Å². The number of Topliss-reactive ketones (excluding diaryl/α,β-unsaturated/α-hetero) is 1. The van der Waals surface area contributed by atoms with Crippen molar-refractivity contribution in [3.8, 4) is 23.3 Å². The summed E-state index contributed by atoms with van der Waals surface area (Å²) < 4.78 is 12.1. The molecule has 3 N–H and O–H groups in total. The summed E-state index contributed by atoms with van der Waals surface area (Å²) in [5.41, 5.74) is 6.18. The van der Waals surface area contributed by atoms with Gasteiger partial charge in [0.05, 0.1) is 18.9 Å². The van der Waals surface area contributed by atoms with Crippen LogP contribution >= 0.6 is 0 Å². The quantitative estimate of drug-likeness (QED) is 0.166. The molecule has 2 aliphatic carbocycles. The Balaban J connectivity index is 1.33. The van der Waals surface area contributed by atoms with Crippen molar-refractivity contribution in [3.05, 3.63) is 105 Å². The largest absolute Gasteiger partial charge is 0.508 e. The van der Waals surface area contributed by atoms with Gasteiger partial charge in [-0.3, -0.25) is 9.59 Å². The maximum absolute atomic E-state index is 14.8. The van der Waals surface area contributed by atoms with Crippen molar-refractivity contribution in [2.45, 2.75) is 108 Å². The third-order valence-electron chi connectivity index (χ3n) is 12.3. The molecule has 268 valence electrons. The lowest BCUT2D eigenvalue weighted by molar-refractivity contribution is -0.170. The second-order valence-corrected chi connectivity index (χ2v) is 15.5. The Morgan fingerprint density at radius 1 is 0.846 bits per heavy atom. The van der Waals surface area contributed by atoms with Gasteiger partial charge < -0.3 is 24.8 Å². The van der Waals surface area contributed by atoms with Crippen LogP contribution in [0.3, 0.4) is 0 Å². The molecule has 0 spiro atoms. The first kappa shape index (κ1) is 34.4. The van der Waals surface area contributed by atoms with Gasteiger partial charge >= 0.3 is 11.9 Å². The molecule has 1 saturated carbocycles. The Morgan fingerprint density at radius 2 is 1.65 bits per heavy atom. The van der Waals surface area contributed by atoms with E-state index in [-0.39, 0.29) is 55.0 Å². The van der Waals surface area contributed by atoms with Crippen LogP contribution in [0, 0.1) is 23.7 Å². The van der Waals surface area contributed by atoms with Crippen LogP contribution in [0.2, 0.25) is 0 Å². The van der Waals surface area contributed by atoms with Crippen LogP contribution in [-0.4, -0.2) is 44.7 Å². The molecule has 52 heavy (non-hydrogen) atoms. The Labute approximate surface area is 303 Å². The number of allylic oxidation sites excluding steroid dienone is 1. The number of hydrogen-bond acceptors (Lipinski definition) is 8. The molecule has 0 radical (unpaired) electrons. The summed E-state index contributed by atoms with van der Waals surface area (Å²) >= 11 is 0. The highest BCUT2D eigenvalue weighted by Crippen LogP contribution is 2.44. The number of ether oxygens (including phenoxy) is 2. The molecule has 6 atom stereocenters. The minimum absolute atomic E-state index is 0.00932. The maximum atomic E-state index is 14.8. The number of carbonyl (C=O) groups excluding carboxylic acids is 3.